The van der Waals surface area contributed by atoms with Gasteiger partial charge in [-0.25, -0.2) is 4.98 Å². The molecule has 0 aliphatic carbocycles. The second-order valence-electron chi connectivity index (χ2n) is 4.37. The normalized spacial score (nSPS) is 10.4. The zero-order chi connectivity index (χ0) is 14.7. The molecule has 1 aromatic heterocycles. The molecule has 0 saturated carbocycles. The van der Waals surface area contributed by atoms with Gasteiger partial charge in [-0.05, 0) is 24.3 Å². The smallest absolute Gasteiger partial charge is 0.232 e. The van der Waals surface area contributed by atoms with Crippen molar-refractivity contribution in [1.82, 2.24) is 9.97 Å². The lowest BCUT2D eigenvalue weighted by Crippen LogP contribution is -2.00. The molecule has 3 aromatic rings. The summed E-state index contributed by atoms with van der Waals surface area (Å²) in [4.78, 5) is 8.80. The molecule has 0 aliphatic heterocycles. The van der Waals surface area contributed by atoms with Gasteiger partial charge in [0.15, 0.2) is 11.5 Å². The second-order valence-corrected chi connectivity index (χ2v) is 4.37. The molecule has 5 nitrogen and oxygen atoms in total. The summed E-state index contributed by atoms with van der Waals surface area (Å²) >= 11 is 0. The van der Waals surface area contributed by atoms with Gasteiger partial charge in [0.05, 0.1) is 18.0 Å². The maximum atomic E-state index is 5.94. The molecule has 21 heavy (non-hydrogen) atoms. The van der Waals surface area contributed by atoms with Crippen LogP contribution in [0, 0.1) is 0 Å². The number of rotatable bonds is 4. The largest absolute Gasteiger partial charge is 0.493 e. The van der Waals surface area contributed by atoms with Gasteiger partial charge < -0.3 is 14.8 Å². The highest BCUT2D eigenvalue weighted by atomic mass is 16.5. The molecule has 0 unspecified atom stereocenters. The van der Waals surface area contributed by atoms with E-state index in [2.05, 4.69) is 15.3 Å². The zero-order valence-corrected chi connectivity index (χ0v) is 11.8. The molecular formula is C16H15N3O2. The third-order valence-corrected chi connectivity index (χ3v) is 3.07. The lowest BCUT2D eigenvalue weighted by molar-refractivity contribution is 0.376. The van der Waals surface area contributed by atoms with Crippen LogP contribution < -0.4 is 14.8 Å². The first kappa shape index (κ1) is 13.2. The Bertz CT molecular complexity index is 774. The van der Waals surface area contributed by atoms with Gasteiger partial charge in [-0.2, -0.15) is 4.98 Å². The van der Waals surface area contributed by atoms with E-state index in [0.29, 0.717) is 23.3 Å². The van der Waals surface area contributed by atoms with Crippen molar-refractivity contribution in [3.63, 3.8) is 0 Å². The lowest BCUT2D eigenvalue weighted by Gasteiger charge is -2.12. The van der Waals surface area contributed by atoms with Gasteiger partial charge in [0, 0.05) is 7.05 Å². The summed E-state index contributed by atoms with van der Waals surface area (Å²) in [5, 5.41) is 3.79. The average molecular weight is 281 g/mol. The predicted molar refractivity (Wildman–Crippen MR) is 82.2 cm³/mol. The Morgan fingerprint density at radius 2 is 1.62 bits per heavy atom. The van der Waals surface area contributed by atoms with Crippen LogP contribution in [0.2, 0.25) is 0 Å². The van der Waals surface area contributed by atoms with Crippen LogP contribution in [0.5, 0.6) is 17.4 Å². The van der Waals surface area contributed by atoms with Crippen molar-refractivity contribution in [2.45, 2.75) is 0 Å². The number of ether oxygens (including phenoxy) is 2. The Labute approximate surface area is 122 Å². The third-order valence-electron chi connectivity index (χ3n) is 3.07. The minimum absolute atomic E-state index is 0.495. The Balaban J connectivity index is 2.11. The topological polar surface area (TPSA) is 56.3 Å². The predicted octanol–water partition coefficient (Wildman–Crippen LogP) is 3.47. The van der Waals surface area contributed by atoms with Gasteiger partial charge in [-0.1, -0.05) is 24.3 Å². The first-order valence-corrected chi connectivity index (χ1v) is 6.57. The maximum absolute atomic E-state index is 5.94. The fraction of sp³-hybridized carbons (Fsp3) is 0.125. The van der Waals surface area contributed by atoms with Crippen LogP contribution in [0.25, 0.3) is 10.9 Å². The summed E-state index contributed by atoms with van der Waals surface area (Å²) in [7, 11) is 3.39. The van der Waals surface area contributed by atoms with E-state index in [-0.39, 0.29) is 0 Å². The van der Waals surface area contributed by atoms with Crippen molar-refractivity contribution in [2.75, 3.05) is 19.5 Å². The number of fused-ring (bicyclic) bond motifs is 1. The summed E-state index contributed by atoms with van der Waals surface area (Å²) in [6, 6.07) is 15.2. The summed E-state index contributed by atoms with van der Waals surface area (Å²) < 4.78 is 11.2. The van der Waals surface area contributed by atoms with Crippen LogP contribution in [0.3, 0.4) is 0 Å². The molecule has 0 spiro atoms. The molecule has 2 aromatic carbocycles. The third kappa shape index (κ3) is 2.58. The van der Waals surface area contributed by atoms with E-state index in [0.717, 1.165) is 10.9 Å². The highest BCUT2D eigenvalue weighted by molar-refractivity contribution is 5.84. The number of aromatic nitrogens is 2. The van der Waals surface area contributed by atoms with Crippen LogP contribution >= 0.6 is 0 Å². The van der Waals surface area contributed by atoms with Gasteiger partial charge in [-0.3, -0.25) is 0 Å². The molecule has 0 fully saturated rings. The molecule has 0 saturated heterocycles. The van der Waals surface area contributed by atoms with Crippen molar-refractivity contribution in [3.8, 4) is 17.4 Å². The van der Waals surface area contributed by atoms with Crippen molar-refractivity contribution in [2.24, 2.45) is 0 Å². The minimum Gasteiger partial charge on any atom is -0.493 e. The zero-order valence-electron chi connectivity index (χ0n) is 11.8. The van der Waals surface area contributed by atoms with E-state index in [1.165, 1.54) is 0 Å². The molecule has 1 N–H and O–H groups in total. The fourth-order valence-corrected chi connectivity index (χ4v) is 2.04. The average Bonchev–Trinajstić information content (AvgIpc) is 2.55. The minimum atomic E-state index is 0.495. The van der Waals surface area contributed by atoms with Crippen LogP contribution in [0.15, 0.2) is 48.5 Å². The van der Waals surface area contributed by atoms with Crippen molar-refractivity contribution in [3.05, 3.63) is 48.5 Å². The number of nitrogens with one attached hydrogen (secondary N) is 1. The van der Waals surface area contributed by atoms with E-state index in [1.54, 1.807) is 14.2 Å². The second kappa shape index (κ2) is 5.66. The molecule has 106 valence electrons. The molecular weight excluding hydrogens is 266 g/mol. The van der Waals surface area contributed by atoms with E-state index in [1.807, 2.05) is 48.5 Å². The van der Waals surface area contributed by atoms with Crippen LogP contribution in [0.4, 0.5) is 5.95 Å². The van der Waals surface area contributed by atoms with Crippen molar-refractivity contribution >= 4 is 16.9 Å². The van der Waals surface area contributed by atoms with Crippen LogP contribution in [-0.2, 0) is 0 Å². The highest BCUT2D eigenvalue weighted by Gasteiger charge is 2.11. The Morgan fingerprint density at radius 3 is 2.38 bits per heavy atom. The monoisotopic (exact) mass is 281 g/mol. The van der Waals surface area contributed by atoms with Crippen molar-refractivity contribution in [1.29, 1.82) is 0 Å². The molecule has 0 bridgehead atoms. The Hall–Kier alpha value is -2.82. The SMILES string of the molecule is CNc1nc(Oc2ccccc2OC)c2ccccc2n1. The molecule has 0 atom stereocenters. The lowest BCUT2D eigenvalue weighted by atomic mass is 10.2. The quantitative estimate of drug-likeness (QED) is 0.793. The van der Waals surface area contributed by atoms with Gasteiger partial charge >= 0.3 is 0 Å². The summed E-state index contributed by atoms with van der Waals surface area (Å²) in [5.74, 6) is 2.28. The molecule has 0 radical (unpaired) electrons. The first-order chi connectivity index (χ1) is 10.3. The van der Waals surface area contributed by atoms with Gasteiger partial charge in [-0.15, -0.1) is 0 Å². The maximum Gasteiger partial charge on any atom is 0.232 e. The van der Waals surface area contributed by atoms with E-state index >= 15 is 0 Å². The van der Waals surface area contributed by atoms with Crippen LogP contribution in [-0.4, -0.2) is 24.1 Å². The molecule has 3 rings (SSSR count). The number of nitrogens with zero attached hydrogens (tertiary/aromatic N) is 2. The first-order valence-electron chi connectivity index (χ1n) is 6.57. The summed E-state index contributed by atoms with van der Waals surface area (Å²) in [5.41, 5.74) is 0.821. The molecule has 1 heterocycles. The fourth-order valence-electron chi connectivity index (χ4n) is 2.04. The van der Waals surface area contributed by atoms with E-state index < -0.39 is 0 Å². The Morgan fingerprint density at radius 1 is 0.905 bits per heavy atom. The van der Waals surface area contributed by atoms with E-state index in [4.69, 9.17) is 9.47 Å². The van der Waals surface area contributed by atoms with Crippen molar-refractivity contribution < 1.29 is 9.47 Å². The molecule has 5 heteroatoms. The number of benzene rings is 2. The summed E-state index contributed by atoms with van der Waals surface area (Å²) in [6.45, 7) is 0. The summed E-state index contributed by atoms with van der Waals surface area (Å²) in [6.07, 6.45) is 0. The van der Waals surface area contributed by atoms with Gasteiger partial charge in [0.1, 0.15) is 0 Å². The van der Waals surface area contributed by atoms with Gasteiger partial charge in [0.2, 0.25) is 11.8 Å². The number of methoxy groups -OCH3 is 1. The highest BCUT2D eigenvalue weighted by Crippen LogP contribution is 2.33. The number of para-hydroxylation sites is 3. The van der Waals surface area contributed by atoms with E-state index in [9.17, 15) is 0 Å². The van der Waals surface area contributed by atoms with Crippen LogP contribution in [0.1, 0.15) is 0 Å². The number of anilines is 1. The number of hydrogen-bond donors (Lipinski definition) is 1. The molecule has 0 amide bonds. The standard InChI is InChI=1S/C16H15N3O2/c1-17-16-18-12-8-4-3-7-11(12)15(19-16)21-14-10-6-5-9-13(14)20-2/h3-10H,1-2H3,(H,17,18,19). The van der Waals surface area contributed by atoms with Gasteiger partial charge in [0.25, 0.3) is 0 Å². The Kier molecular flexibility index (Phi) is 3.55. The number of hydrogen-bond acceptors (Lipinski definition) is 5. The molecule has 0 aliphatic rings.